The van der Waals surface area contributed by atoms with Crippen LogP contribution in [0.15, 0.2) is 24.3 Å². The predicted molar refractivity (Wildman–Crippen MR) is 65.5 cm³/mol. The normalized spacial score (nSPS) is 16.9. The van der Waals surface area contributed by atoms with E-state index in [1.165, 1.54) is 11.1 Å². The summed E-state index contributed by atoms with van der Waals surface area (Å²) in [4.78, 5) is 13.5. The first-order chi connectivity index (χ1) is 7.51. The minimum Gasteiger partial charge on any atom is -0.286 e. The molecule has 0 unspecified atom stereocenters. The molecular formula is C13H16ClNO. The van der Waals surface area contributed by atoms with E-state index in [9.17, 15) is 4.79 Å². The number of carbonyl (C=O) groups is 1. The van der Waals surface area contributed by atoms with Crippen LogP contribution in [0.1, 0.15) is 25.0 Å². The van der Waals surface area contributed by atoms with Gasteiger partial charge >= 0.3 is 0 Å². The number of halogens is 1. The number of carbonyl (C=O) groups excluding carboxylic acids is 1. The number of hydrogen-bond donors (Lipinski definition) is 0. The van der Waals surface area contributed by atoms with E-state index in [0.29, 0.717) is 0 Å². The van der Waals surface area contributed by atoms with Crippen LogP contribution in [-0.2, 0) is 17.8 Å². The van der Waals surface area contributed by atoms with Crippen LogP contribution in [0.5, 0.6) is 0 Å². The van der Waals surface area contributed by atoms with Crippen LogP contribution in [0.25, 0.3) is 0 Å². The number of fused-ring (bicyclic) bond motifs is 1. The second kappa shape index (κ2) is 4.19. The van der Waals surface area contributed by atoms with Crippen LogP contribution in [0.3, 0.4) is 0 Å². The smallest absolute Gasteiger partial charge is 0.241 e. The third-order valence-corrected chi connectivity index (χ3v) is 3.86. The van der Waals surface area contributed by atoms with Crippen LogP contribution < -0.4 is 0 Å². The van der Waals surface area contributed by atoms with Gasteiger partial charge in [-0.15, -0.1) is 0 Å². The van der Waals surface area contributed by atoms with Gasteiger partial charge in [0.05, 0.1) is 5.54 Å². The minimum atomic E-state index is -0.574. The Morgan fingerprint density at radius 3 is 2.56 bits per heavy atom. The fourth-order valence-corrected chi connectivity index (χ4v) is 2.22. The fourth-order valence-electron chi connectivity index (χ4n) is 2.10. The van der Waals surface area contributed by atoms with E-state index in [0.717, 1.165) is 19.5 Å². The van der Waals surface area contributed by atoms with Crippen molar-refractivity contribution in [2.75, 3.05) is 6.54 Å². The van der Waals surface area contributed by atoms with Gasteiger partial charge in [-0.25, -0.2) is 0 Å². The quantitative estimate of drug-likeness (QED) is 0.737. The molecule has 1 aromatic rings. The molecule has 3 heteroatoms. The average Bonchev–Trinajstić information content (AvgIpc) is 2.28. The van der Waals surface area contributed by atoms with Gasteiger partial charge in [0.1, 0.15) is 0 Å². The maximum atomic E-state index is 11.4. The molecule has 2 nitrogen and oxygen atoms in total. The average molecular weight is 238 g/mol. The lowest BCUT2D eigenvalue weighted by Crippen LogP contribution is -2.50. The van der Waals surface area contributed by atoms with Gasteiger partial charge in [-0.05, 0) is 43.0 Å². The maximum Gasteiger partial charge on any atom is 0.241 e. The van der Waals surface area contributed by atoms with Gasteiger partial charge in [0.2, 0.25) is 5.24 Å². The molecule has 0 N–H and O–H groups in total. The zero-order chi connectivity index (χ0) is 11.8. The monoisotopic (exact) mass is 237 g/mol. The first-order valence-corrected chi connectivity index (χ1v) is 5.91. The highest BCUT2D eigenvalue weighted by molar-refractivity contribution is 6.65. The third-order valence-electron chi connectivity index (χ3n) is 3.40. The summed E-state index contributed by atoms with van der Waals surface area (Å²) in [7, 11) is 0. The van der Waals surface area contributed by atoms with Crippen molar-refractivity contribution in [1.29, 1.82) is 0 Å². The molecule has 0 amide bonds. The van der Waals surface area contributed by atoms with E-state index < -0.39 is 5.54 Å². The molecule has 1 aromatic carbocycles. The van der Waals surface area contributed by atoms with Crippen molar-refractivity contribution in [2.45, 2.75) is 32.4 Å². The van der Waals surface area contributed by atoms with Crippen LogP contribution in [0.4, 0.5) is 0 Å². The lowest BCUT2D eigenvalue weighted by molar-refractivity contribution is -0.121. The molecule has 16 heavy (non-hydrogen) atoms. The Morgan fingerprint density at radius 1 is 1.31 bits per heavy atom. The van der Waals surface area contributed by atoms with Gasteiger partial charge in [-0.1, -0.05) is 24.3 Å². The van der Waals surface area contributed by atoms with E-state index in [4.69, 9.17) is 11.6 Å². The summed E-state index contributed by atoms with van der Waals surface area (Å²) in [5.74, 6) is 0. The Bertz CT molecular complexity index is 414. The second-order valence-electron chi connectivity index (χ2n) is 4.77. The summed E-state index contributed by atoms with van der Waals surface area (Å²) in [5.41, 5.74) is 2.12. The Kier molecular flexibility index (Phi) is 3.04. The van der Waals surface area contributed by atoms with Gasteiger partial charge in [-0.2, -0.15) is 0 Å². The van der Waals surface area contributed by atoms with Gasteiger partial charge in [-0.3, -0.25) is 9.69 Å². The van der Waals surface area contributed by atoms with E-state index >= 15 is 0 Å². The molecule has 0 fully saturated rings. The highest BCUT2D eigenvalue weighted by Crippen LogP contribution is 2.26. The molecule has 1 aliphatic rings. The van der Waals surface area contributed by atoms with Crippen molar-refractivity contribution in [3.63, 3.8) is 0 Å². The zero-order valence-corrected chi connectivity index (χ0v) is 10.4. The number of benzene rings is 1. The van der Waals surface area contributed by atoms with Gasteiger partial charge in [0, 0.05) is 13.1 Å². The van der Waals surface area contributed by atoms with Crippen LogP contribution in [0.2, 0.25) is 0 Å². The molecule has 86 valence electrons. The van der Waals surface area contributed by atoms with E-state index in [-0.39, 0.29) is 5.24 Å². The zero-order valence-electron chi connectivity index (χ0n) is 9.66. The van der Waals surface area contributed by atoms with Gasteiger partial charge in [0.25, 0.3) is 0 Å². The van der Waals surface area contributed by atoms with Crippen molar-refractivity contribution in [3.8, 4) is 0 Å². The summed E-state index contributed by atoms with van der Waals surface area (Å²) in [6.07, 6.45) is 0.990. The van der Waals surface area contributed by atoms with E-state index in [2.05, 4.69) is 23.1 Å². The topological polar surface area (TPSA) is 20.3 Å². The molecule has 0 saturated heterocycles. The van der Waals surface area contributed by atoms with Gasteiger partial charge in [0.15, 0.2) is 0 Å². The molecule has 0 saturated carbocycles. The Balaban J connectivity index is 2.23. The second-order valence-corrected chi connectivity index (χ2v) is 5.12. The Hall–Kier alpha value is -0.860. The molecule has 0 atom stereocenters. The van der Waals surface area contributed by atoms with Gasteiger partial charge < -0.3 is 0 Å². The summed E-state index contributed by atoms with van der Waals surface area (Å²) in [5, 5.41) is -0.285. The molecule has 0 spiro atoms. The number of nitrogens with zero attached hydrogens (tertiary/aromatic N) is 1. The van der Waals surface area contributed by atoms with Crippen molar-refractivity contribution in [3.05, 3.63) is 35.4 Å². The Labute approximate surface area is 101 Å². The lowest BCUT2D eigenvalue weighted by Gasteiger charge is -2.38. The fraction of sp³-hybridized carbons (Fsp3) is 0.462. The lowest BCUT2D eigenvalue weighted by atomic mass is 9.95. The number of rotatable bonds is 2. The molecule has 0 aromatic heterocycles. The summed E-state index contributed by atoms with van der Waals surface area (Å²) in [6.45, 7) is 5.47. The van der Waals surface area contributed by atoms with Crippen molar-refractivity contribution < 1.29 is 4.79 Å². The standard InChI is InChI=1S/C13H16ClNO/c1-13(2,12(14)16)15-8-7-10-5-3-4-6-11(10)9-15/h3-6H,7-9H2,1-2H3. The molecule has 1 heterocycles. The van der Waals surface area contributed by atoms with Crippen LogP contribution in [0, 0.1) is 0 Å². The first-order valence-electron chi connectivity index (χ1n) is 5.53. The van der Waals surface area contributed by atoms with E-state index in [1.807, 2.05) is 19.9 Å². The Morgan fingerprint density at radius 2 is 1.94 bits per heavy atom. The summed E-state index contributed by atoms with van der Waals surface area (Å²) < 4.78 is 0. The van der Waals surface area contributed by atoms with E-state index in [1.54, 1.807) is 0 Å². The predicted octanol–water partition coefficient (Wildman–Crippen LogP) is 2.59. The largest absolute Gasteiger partial charge is 0.286 e. The minimum absolute atomic E-state index is 0.285. The number of hydrogen-bond acceptors (Lipinski definition) is 2. The van der Waals surface area contributed by atoms with Crippen molar-refractivity contribution in [1.82, 2.24) is 4.90 Å². The van der Waals surface area contributed by atoms with Crippen LogP contribution >= 0.6 is 11.6 Å². The molecule has 1 aliphatic heterocycles. The first kappa shape index (κ1) is 11.6. The van der Waals surface area contributed by atoms with Crippen molar-refractivity contribution in [2.24, 2.45) is 0 Å². The molecule has 0 aliphatic carbocycles. The molecule has 0 radical (unpaired) electrons. The highest BCUT2D eigenvalue weighted by atomic mass is 35.5. The third kappa shape index (κ3) is 2.00. The highest BCUT2D eigenvalue weighted by Gasteiger charge is 2.34. The molecule has 2 rings (SSSR count). The molecular weight excluding hydrogens is 222 g/mol. The SMILES string of the molecule is CC(C)(C(=O)Cl)N1CCc2ccccc2C1. The van der Waals surface area contributed by atoms with Crippen molar-refractivity contribution >= 4 is 16.8 Å². The molecule has 0 bridgehead atoms. The van der Waals surface area contributed by atoms with Crippen LogP contribution in [-0.4, -0.2) is 22.2 Å². The summed E-state index contributed by atoms with van der Waals surface area (Å²) >= 11 is 5.65. The maximum absolute atomic E-state index is 11.4. The summed E-state index contributed by atoms with van der Waals surface area (Å²) in [6, 6.07) is 8.38.